The monoisotopic (exact) mass is 394 g/mol. The molecule has 2 heterocycles. The van der Waals surface area contributed by atoms with Crippen molar-refractivity contribution in [2.45, 2.75) is 51.6 Å². The van der Waals surface area contributed by atoms with Gasteiger partial charge in [-0.2, -0.15) is 0 Å². The Labute approximate surface area is 171 Å². The highest BCUT2D eigenvalue weighted by Crippen LogP contribution is 2.26. The van der Waals surface area contributed by atoms with Crippen molar-refractivity contribution in [1.82, 2.24) is 9.47 Å². The maximum Gasteiger partial charge on any atom is 0.227 e. The first-order valence-electron chi connectivity index (χ1n) is 10.3. The van der Waals surface area contributed by atoms with Crippen LogP contribution in [0.4, 0.5) is 0 Å². The van der Waals surface area contributed by atoms with E-state index in [0.717, 1.165) is 44.3 Å². The highest BCUT2D eigenvalue weighted by Gasteiger charge is 2.28. The van der Waals surface area contributed by atoms with Gasteiger partial charge in [0, 0.05) is 35.4 Å². The fraction of sp³-hybridized carbons (Fsp3) is 0.375. The number of carbonyl (C=O) groups is 1. The number of hydrogen-bond donors (Lipinski definition) is 0. The molecule has 3 nitrogen and oxygen atoms in total. The smallest absolute Gasteiger partial charge is 0.227 e. The maximum atomic E-state index is 12.9. The molecule has 0 bridgehead atoms. The minimum absolute atomic E-state index is 0.223. The summed E-state index contributed by atoms with van der Waals surface area (Å²) in [5.41, 5.74) is 3.67. The number of carbonyl (C=O) groups excluding carboxylic acids is 1. The van der Waals surface area contributed by atoms with Crippen molar-refractivity contribution in [2.75, 3.05) is 6.54 Å². The zero-order valence-corrected chi connectivity index (χ0v) is 17.2. The number of aryl methyl sites for hydroxylation is 2. The molecule has 4 rings (SSSR count). The van der Waals surface area contributed by atoms with Crippen molar-refractivity contribution >= 4 is 28.4 Å². The van der Waals surface area contributed by atoms with E-state index in [0.29, 0.717) is 17.5 Å². The normalized spacial score (nSPS) is 16.8. The lowest BCUT2D eigenvalue weighted by Gasteiger charge is -2.25. The van der Waals surface area contributed by atoms with Crippen LogP contribution in [0.15, 0.2) is 54.6 Å². The lowest BCUT2D eigenvalue weighted by atomic mass is 10.1. The third-order valence-electron chi connectivity index (χ3n) is 5.89. The summed E-state index contributed by atoms with van der Waals surface area (Å²) < 4.78 is 2.41. The molecule has 0 spiro atoms. The SMILES string of the molecule is CCn1c(CC[C@@H]2CCCN2C(=O)Cc2cccc(Cl)c2)cc2ccccc21. The van der Waals surface area contributed by atoms with Gasteiger partial charge in [-0.05, 0) is 67.8 Å². The summed E-state index contributed by atoms with van der Waals surface area (Å²) in [6.45, 7) is 4.05. The Morgan fingerprint density at radius 3 is 2.82 bits per heavy atom. The number of fused-ring (bicyclic) bond motifs is 1. The van der Waals surface area contributed by atoms with Gasteiger partial charge in [-0.1, -0.05) is 41.9 Å². The number of likely N-dealkylation sites (tertiary alicyclic amines) is 1. The molecule has 0 aliphatic carbocycles. The van der Waals surface area contributed by atoms with E-state index in [1.165, 1.54) is 16.6 Å². The molecule has 0 saturated carbocycles. The number of aromatic nitrogens is 1. The van der Waals surface area contributed by atoms with Crippen molar-refractivity contribution < 1.29 is 4.79 Å². The van der Waals surface area contributed by atoms with Crippen LogP contribution in [-0.2, 0) is 24.2 Å². The quantitative estimate of drug-likeness (QED) is 0.543. The largest absolute Gasteiger partial charge is 0.345 e. The molecule has 0 N–H and O–H groups in total. The Balaban J connectivity index is 1.44. The first-order valence-corrected chi connectivity index (χ1v) is 10.6. The fourth-order valence-electron chi connectivity index (χ4n) is 4.55. The Morgan fingerprint density at radius 1 is 1.14 bits per heavy atom. The van der Waals surface area contributed by atoms with Crippen LogP contribution in [0.5, 0.6) is 0 Å². The Hall–Kier alpha value is -2.26. The number of amides is 1. The Kier molecular flexibility index (Phi) is 5.72. The molecule has 28 heavy (non-hydrogen) atoms. The third kappa shape index (κ3) is 3.95. The molecule has 3 aromatic rings. The first-order chi connectivity index (χ1) is 13.7. The summed E-state index contributed by atoms with van der Waals surface area (Å²) in [7, 11) is 0. The van der Waals surface area contributed by atoms with Gasteiger partial charge in [0.25, 0.3) is 0 Å². The number of rotatable bonds is 6. The van der Waals surface area contributed by atoms with Crippen molar-refractivity contribution in [2.24, 2.45) is 0 Å². The molecule has 1 saturated heterocycles. The summed E-state index contributed by atoms with van der Waals surface area (Å²) in [5.74, 6) is 0.223. The lowest BCUT2D eigenvalue weighted by molar-refractivity contribution is -0.131. The zero-order valence-electron chi connectivity index (χ0n) is 16.4. The van der Waals surface area contributed by atoms with Crippen molar-refractivity contribution in [3.8, 4) is 0 Å². The van der Waals surface area contributed by atoms with Gasteiger partial charge in [-0.25, -0.2) is 0 Å². The lowest BCUT2D eigenvalue weighted by Crippen LogP contribution is -2.36. The highest BCUT2D eigenvalue weighted by molar-refractivity contribution is 6.30. The number of benzene rings is 2. The maximum absolute atomic E-state index is 12.9. The highest BCUT2D eigenvalue weighted by atomic mass is 35.5. The van der Waals surface area contributed by atoms with Gasteiger partial charge < -0.3 is 9.47 Å². The van der Waals surface area contributed by atoms with Gasteiger partial charge in [0.2, 0.25) is 5.91 Å². The predicted octanol–water partition coefficient (Wildman–Crippen LogP) is 5.48. The van der Waals surface area contributed by atoms with Gasteiger partial charge in [0.1, 0.15) is 0 Å². The fourth-order valence-corrected chi connectivity index (χ4v) is 4.76. The van der Waals surface area contributed by atoms with Gasteiger partial charge >= 0.3 is 0 Å². The van der Waals surface area contributed by atoms with Crippen molar-refractivity contribution in [3.05, 3.63) is 70.9 Å². The molecule has 4 heteroatoms. The summed E-state index contributed by atoms with van der Waals surface area (Å²) in [5, 5.41) is 2.00. The van der Waals surface area contributed by atoms with Crippen LogP contribution in [-0.4, -0.2) is 28.0 Å². The van der Waals surface area contributed by atoms with Gasteiger partial charge in [0.05, 0.1) is 6.42 Å². The van der Waals surface area contributed by atoms with E-state index in [1.807, 2.05) is 24.3 Å². The van der Waals surface area contributed by atoms with E-state index < -0.39 is 0 Å². The summed E-state index contributed by atoms with van der Waals surface area (Å²) in [6.07, 6.45) is 4.67. The van der Waals surface area contributed by atoms with E-state index in [-0.39, 0.29) is 5.91 Å². The van der Waals surface area contributed by atoms with E-state index in [2.05, 4.69) is 46.7 Å². The van der Waals surface area contributed by atoms with Crippen molar-refractivity contribution in [3.63, 3.8) is 0 Å². The summed E-state index contributed by atoms with van der Waals surface area (Å²) in [4.78, 5) is 15.0. The first kappa shape index (κ1) is 19.1. The molecule has 146 valence electrons. The average molecular weight is 395 g/mol. The van der Waals surface area contributed by atoms with Crippen LogP contribution in [0, 0.1) is 0 Å². The Morgan fingerprint density at radius 2 is 2.00 bits per heavy atom. The summed E-state index contributed by atoms with van der Waals surface area (Å²) >= 11 is 6.07. The zero-order chi connectivity index (χ0) is 19.5. The second-order valence-electron chi connectivity index (χ2n) is 7.67. The minimum Gasteiger partial charge on any atom is -0.345 e. The number of nitrogens with zero attached hydrogens (tertiary/aromatic N) is 2. The number of para-hydroxylation sites is 1. The predicted molar refractivity (Wildman–Crippen MR) is 116 cm³/mol. The summed E-state index contributed by atoms with van der Waals surface area (Å²) in [6, 6.07) is 18.9. The number of hydrogen-bond acceptors (Lipinski definition) is 1. The molecular weight excluding hydrogens is 368 g/mol. The standard InChI is InChI=1S/C24H27ClN2O/c1-2-26-22(17-19-8-3-4-11-23(19)26)13-12-21-10-6-14-27(21)24(28)16-18-7-5-9-20(25)15-18/h3-5,7-9,11,15,17,21H,2,6,10,12-14,16H2,1H3/t21-/m0/s1. The van der Waals surface area contributed by atoms with Crippen LogP contribution in [0.25, 0.3) is 10.9 Å². The topological polar surface area (TPSA) is 25.2 Å². The van der Waals surface area contributed by atoms with Gasteiger partial charge in [-0.15, -0.1) is 0 Å². The third-order valence-corrected chi connectivity index (χ3v) is 6.12. The van der Waals surface area contributed by atoms with E-state index in [4.69, 9.17) is 11.6 Å². The number of halogens is 1. The van der Waals surface area contributed by atoms with Crippen LogP contribution in [0.1, 0.15) is 37.4 Å². The van der Waals surface area contributed by atoms with E-state index >= 15 is 0 Å². The second-order valence-corrected chi connectivity index (χ2v) is 8.10. The average Bonchev–Trinajstić information content (AvgIpc) is 3.30. The molecule has 1 amide bonds. The van der Waals surface area contributed by atoms with E-state index in [1.54, 1.807) is 0 Å². The molecule has 0 unspecified atom stereocenters. The molecule has 1 aromatic heterocycles. The van der Waals surface area contributed by atoms with Crippen molar-refractivity contribution in [1.29, 1.82) is 0 Å². The van der Waals surface area contributed by atoms with Gasteiger partial charge in [-0.3, -0.25) is 4.79 Å². The molecule has 1 aliphatic heterocycles. The van der Waals surface area contributed by atoms with E-state index in [9.17, 15) is 4.79 Å². The molecule has 1 fully saturated rings. The van der Waals surface area contributed by atoms with Crippen LogP contribution < -0.4 is 0 Å². The van der Waals surface area contributed by atoms with Crippen LogP contribution in [0.3, 0.4) is 0 Å². The molecule has 1 atom stereocenters. The minimum atomic E-state index is 0.223. The van der Waals surface area contributed by atoms with Crippen LogP contribution in [0.2, 0.25) is 5.02 Å². The van der Waals surface area contributed by atoms with Gasteiger partial charge in [0.15, 0.2) is 0 Å². The Bertz CT molecular complexity index is 978. The molecule has 2 aromatic carbocycles. The second kappa shape index (κ2) is 8.40. The molecular formula is C24H27ClN2O. The van der Waals surface area contributed by atoms with Crippen LogP contribution >= 0.6 is 11.6 Å². The molecule has 1 aliphatic rings. The molecule has 0 radical (unpaired) electrons.